The Labute approximate surface area is 164 Å². The predicted molar refractivity (Wildman–Crippen MR) is 104 cm³/mol. The summed E-state index contributed by atoms with van der Waals surface area (Å²) < 4.78 is 0. The number of hydrogen-bond donors (Lipinski definition) is 2. The topological polar surface area (TPSA) is 40.5 Å². The van der Waals surface area contributed by atoms with Crippen molar-refractivity contribution in [1.29, 1.82) is 0 Å². The molecule has 1 atom stereocenters. The molecule has 0 saturated heterocycles. The molecule has 0 aromatic rings. The molecule has 0 bridgehead atoms. The molecule has 136 valence electrons. The zero-order valence-electron chi connectivity index (χ0n) is 16.7. The molecular weight excluding hydrogens is 352 g/mol. The second-order valence-corrected chi connectivity index (χ2v) is 6.57. The first-order chi connectivity index (χ1) is 11.2. The monoisotopic (exact) mass is 386 g/mol. The van der Waals surface area contributed by atoms with Gasteiger partial charge in [-0.25, -0.2) is 0 Å². The molecule has 0 saturated carbocycles. The van der Waals surface area contributed by atoms with Gasteiger partial charge >= 0.3 is 28.3 Å². The summed E-state index contributed by atoms with van der Waals surface area (Å²) in [7, 11) is 6.08. The average Bonchev–Trinajstić information content (AvgIpc) is 3.17. The first kappa shape index (κ1) is 26.0. The van der Waals surface area contributed by atoms with Crippen LogP contribution < -0.4 is 0 Å². The summed E-state index contributed by atoms with van der Waals surface area (Å²) in [6.45, 7) is 16.4. The van der Waals surface area contributed by atoms with E-state index in [1.807, 2.05) is 0 Å². The molecule has 2 N–H and O–H groups in total. The molecule has 0 radical (unpaired) electrons. The van der Waals surface area contributed by atoms with Crippen molar-refractivity contribution < 1.29 is 28.8 Å². The third-order valence-electron chi connectivity index (χ3n) is 6.04. The van der Waals surface area contributed by atoms with Crippen molar-refractivity contribution in [3.8, 4) is 0 Å². The zero-order valence-corrected chi connectivity index (χ0v) is 19.1. The molecule has 0 amide bonds. The van der Waals surface area contributed by atoms with Crippen LogP contribution in [0.1, 0.15) is 54.9 Å². The third kappa shape index (κ3) is 4.50. The van der Waals surface area contributed by atoms with Crippen LogP contribution in [-0.2, 0) is 18.6 Å². The molecule has 0 aromatic carbocycles. The van der Waals surface area contributed by atoms with E-state index in [4.69, 9.17) is 10.2 Å². The summed E-state index contributed by atoms with van der Waals surface area (Å²) in [4.78, 5) is 0. The molecule has 2 rings (SSSR count). The molecule has 1 unspecified atom stereocenters. The fourth-order valence-corrected chi connectivity index (χ4v) is 3.71. The van der Waals surface area contributed by atoms with Crippen molar-refractivity contribution >= 4 is 9.70 Å². The second kappa shape index (κ2) is 11.4. The van der Waals surface area contributed by atoms with Gasteiger partial charge in [0.25, 0.3) is 0 Å². The van der Waals surface area contributed by atoms with Gasteiger partial charge in [0.05, 0.1) is 0 Å². The van der Waals surface area contributed by atoms with E-state index in [-0.39, 0.29) is 10.8 Å². The Morgan fingerprint density at radius 3 is 1.67 bits per heavy atom. The molecule has 0 aliphatic heterocycles. The minimum absolute atomic E-state index is 0.157. The molecule has 0 aromatic heterocycles. The van der Waals surface area contributed by atoms with E-state index in [0.29, 0.717) is 0 Å². The fraction of sp³-hybridized carbons (Fsp3) is 0.600. The molecule has 2 aliphatic carbocycles. The van der Waals surface area contributed by atoms with E-state index < -0.39 is 0 Å². The van der Waals surface area contributed by atoms with E-state index in [1.54, 1.807) is 35.3 Å². The predicted octanol–water partition coefficient (Wildman–Crippen LogP) is 5.45. The van der Waals surface area contributed by atoms with Crippen LogP contribution in [0.25, 0.3) is 0 Å². The van der Waals surface area contributed by atoms with E-state index in [1.165, 1.54) is 11.1 Å². The van der Waals surface area contributed by atoms with Gasteiger partial charge in [-0.3, -0.25) is 0 Å². The standard InChI is InChI=1S/C18H26.2CH4O.S.Ti/c1-12-13(2)15(4)18(7,16-10-8-9-11-16)17(5,6)14(12)3;2*1-2;;/h8-10H,11H2,1-7H3;2*2H,1H3;;. The normalized spacial score (nSPS) is 24.0. The van der Waals surface area contributed by atoms with Gasteiger partial charge in [-0.15, -0.1) is 0 Å². The fourth-order valence-electron chi connectivity index (χ4n) is 3.71. The number of aliphatic hydroxyl groups excluding tert-OH is 2. The van der Waals surface area contributed by atoms with Gasteiger partial charge in [0.1, 0.15) is 0 Å². The maximum absolute atomic E-state index is 7.00. The second-order valence-electron chi connectivity index (χ2n) is 6.57. The Kier molecular flexibility index (Phi) is 12.4. The zero-order chi connectivity index (χ0) is 19.7. The van der Waals surface area contributed by atoms with E-state index in [0.717, 1.165) is 20.6 Å². The van der Waals surface area contributed by atoms with Crippen molar-refractivity contribution in [3.63, 3.8) is 0 Å². The molecule has 4 heteroatoms. The van der Waals surface area contributed by atoms with Crippen LogP contribution in [0.2, 0.25) is 0 Å². The molecule has 2 nitrogen and oxygen atoms in total. The van der Waals surface area contributed by atoms with Gasteiger partial charge in [-0.05, 0) is 50.7 Å². The van der Waals surface area contributed by atoms with Crippen LogP contribution in [-0.4, -0.2) is 24.4 Å². The van der Waals surface area contributed by atoms with Crippen LogP contribution in [0.15, 0.2) is 46.1 Å². The molecular formula is C20H34O2STi. The first-order valence-electron chi connectivity index (χ1n) is 8.07. The third-order valence-corrected chi connectivity index (χ3v) is 6.04. The van der Waals surface area contributed by atoms with Crippen molar-refractivity contribution in [2.75, 3.05) is 14.2 Å². The summed E-state index contributed by atoms with van der Waals surface area (Å²) in [5, 5.41) is 14.0. The summed E-state index contributed by atoms with van der Waals surface area (Å²) in [6.07, 6.45) is 7.92. The van der Waals surface area contributed by atoms with Crippen molar-refractivity contribution in [1.82, 2.24) is 0 Å². The number of rotatable bonds is 1. The SMILES string of the molecule is CC1=C(C)C(C)(C)C(C)(C2=CC=CC2)C(C)=C1C.CO.CO.[S]=[Ti]. The Morgan fingerprint density at radius 2 is 1.29 bits per heavy atom. The summed E-state index contributed by atoms with van der Waals surface area (Å²) in [5.74, 6) is 0. The number of aliphatic hydroxyl groups is 2. The molecule has 0 fully saturated rings. The summed E-state index contributed by atoms with van der Waals surface area (Å²) >= 11 is 1.58. The summed E-state index contributed by atoms with van der Waals surface area (Å²) in [6, 6.07) is 0. The minimum atomic E-state index is 0.157. The van der Waals surface area contributed by atoms with Crippen molar-refractivity contribution in [2.45, 2.75) is 54.9 Å². The number of allylic oxidation sites excluding steroid dienone is 8. The number of hydrogen-bond acceptors (Lipinski definition) is 3. The Morgan fingerprint density at radius 1 is 0.875 bits per heavy atom. The van der Waals surface area contributed by atoms with Crippen LogP contribution in [0.4, 0.5) is 0 Å². The first-order valence-corrected chi connectivity index (χ1v) is 10.4. The van der Waals surface area contributed by atoms with Gasteiger partial charge in [0.15, 0.2) is 0 Å². The van der Waals surface area contributed by atoms with Crippen molar-refractivity contribution in [3.05, 3.63) is 46.1 Å². The van der Waals surface area contributed by atoms with Gasteiger partial charge in [0.2, 0.25) is 0 Å². The molecule has 2 aliphatic rings. The maximum atomic E-state index is 7.00. The van der Waals surface area contributed by atoms with Gasteiger partial charge in [-0.1, -0.05) is 55.7 Å². The Bertz CT molecular complexity index is 542. The molecule has 24 heavy (non-hydrogen) atoms. The molecule has 0 spiro atoms. The van der Waals surface area contributed by atoms with E-state index >= 15 is 0 Å². The van der Waals surface area contributed by atoms with E-state index in [9.17, 15) is 0 Å². The van der Waals surface area contributed by atoms with Gasteiger partial charge < -0.3 is 10.2 Å². The van der Waals surface area contributed by atoms with E-state index in [2.05, 4.69) is 76.4 Å². The van der Waals surface area contributed by atoms with Gasteiger partial charge in [0, 0.05) is 19.6 Å². The molecule has 0 heterocycles. The van der Waals surface area contributed by atoms with Crippen LogP contribution >= 0.6 is 9.70 Å². The van der Waals surface area contributed by atoms with Crippen molar-refractivity contribution in [2.24, 2.45) is 10.8 Å². The van der Waals surface area contributed by atoms with Crippen LogP contribution in [0.3, 0.4) is 0 Å². The van der Waals surface area contributed by atoms with Crippen LogP contribution in [0, 0.1) is 10.8 Å². The quantitative estimate of drug-likeness (QED) is 0.589. The Balaban J connectivity index is 0. The Hall–Kier alpha value is -0.186. The van der Waals surface area contributed by atoms with Crippen LogP contribution in [0.5, 0.6) is 0 Å². The van der Waals surface area contributed by atoms with Gasteiger partial charge in [-0.2, -0.15) is 0 Å². The summed E-state index contributed by atoms with van der Waals surface area (Å²) in [5.41, 5.74) is 7.98. The average molecular weight is 386 g/mol.